The van der Waals surface area contributed by atoms with E-state index in [4.69, 9.17) is 38.6 Å². The predicted octanol–water partition coefficient (Wildman–Crippen LogP) is 2.41. The summed E-state index contributed by atoms with van der Waals surface area (Å²) in [5.74, 6) is -1.32. The van der Waals surface area contributed by atoms with E-state index in [0.29, 0.717) is 17.3 Å². The second kappa shape index (κ2) is 13.3. The molecule has 0 atom stereocenters. The van der Waals surface area contributed by atoms with Gasteiger partial charge in [-0.25, -0.2) is 27.1 Å². The van der Waals surface area contributed by atoms with Gasteiger partial charge in [0.25, 0.3) is 10.0 Å². The van der Waals surface area contributed by atoms with Gasteiger partial charge in [-0.2, -0.15) is 0 Å². The minimum atomic E-state index is -4.57. The van der Waals surface area contributed by atoms with Crippen LogP contribution in [0.3, 0.4) is 0 Å². The SMILES string of the molecule is CCOc1nn(C(=O)NS(=O)(=O)c2c(F)cccc2OC)c(=S)n1C.CCOc1nn(C(=O)OC)c(=S)n1C. The molecule has 0 fully saturated rings. The summed E-state index contributed by atoms with van der Waals surface area (Å²) in [6.07, 6.45) is -0.628. The van der Waals surface area contributed by atoms with Crippen molar-refractivity contribution in [3.8, 4) is 17.8 Å². The molecule has 15 nitrogen and oxygen atoms in total. The van der Waals surface area contributed by atoms with E-state index >= 15 is 0 Å². The second-order valence-corrected chi connectivity index (χ2v) is 9.44. The Morgan fingerprint density at radius 3 is 1.97 bits per heavy atom. The molecule has 214 valence electrons. The van der Waals surface area contributed by atoms with Crippen LogP contribution < -0.4 is 18.9 Å². The van der Waals surface area contributed by atoms with Crippen LogP contribution in [0.4, 0.5) is 14.0 Å². The van der Waals surface area contributed by atoms with Crippen molar-refractivity contribution in [3.63, 3.8) is 0 Å². The molecule has 0 spiro atoms. The maximum Gasteiger partial charge on any atom is 0.437 e. The molecular weight excluding hydrogens is 581 g/mol. The van der Waals surface area contributed by atoms with E-state index in [1.165, 1.54) is 42.5 Å². The van der Waals surface area contributed by atoms with Crippen LogP contribution in [0.5, 0.6) is 17.8 Å². The highest BCUT2D eigenvalue weighted by atomic mass is 32.2. The number of rotatable bonds is 7. The van der Waals surface area contributed by atoms with Crippen molar-refractivity contribution in [2.45, 2.75) is 18.7 Å². The van der Waals surface area contributed by atoms with Crippen LogP contribution in [0.25, 0.3) is 0 Å². The Morgan fingerprint density at radius 2 is 1.49 bits per heavy atom. The largest absolute Gasteiger partial charge is 0.495 e. The first-order chi connectivity index (χ1) is 18.3. The predicted molar refractivity (Wildman–Crippen MR) is 138 cm³/mol. The van der Waals surface area contributed by atoms with Crippen LogP contribution in [0, 0.1) is 15.4 Å². The number of ether oxygens (including phenoxy) is 4. The highest BCUT2D eigenvalue weighted by Crippen LogP contribution is 2.26. The number of halogens is 1. The van der Waals surface area contributed by atoms with Gasteiger partial charge in [0.2, 0.25) is 9.54 Å². The third-order valence-electron chi connectivity index (χ3n) is 4.61. The topological polar surface area (TPSA) is 163 Å². The molecule has 1 amide bonds. The number of hydrogen-bond donors (Lipinski definition) is 1. The standard InChI is InChI=1S/C13H15FN4O5S2.C7H11N3O3S/c1-4-23-12-15-18(13(24)17(12)2)11(19)16-25(20,21)10-8(14)6-5-7-9(10)22-3;1-4-13-5-8-10(7(11)12-3)6(14)9(5)2/h5-7H,4H2,1-3H3,(H,16,19);4H2,1-3H3. The van der Waals surface area contributed by atoms with Gasteiger partial charge >= 0.3 is 24.1 Å². The molecule has 0 aliphatic heterocycles. The van der Waals surface area contributed by atoms with Gasteiger partial charge in [-0.1, -0.05) is 6.07 Å². The lowest BCUT2D eigenvalue weighted by Crippen LogP contribution is -2.35. The molecule has 1 aromatic carbocycles. The molecule has 0 saturated heterocycles. The van der Waals surface area contributed by atoms with E-state index in [1.807, 2.05) is 6.92 Å². The summed E-state index contributed by atoms with van der Waals surface area (Å²) < 4.78 is 64.6. The fraction of sp³-hybridized carbons (Fsp3) is 0.400. The van der Waals surface area contributed by atoms with Crippen molar-refractivity contribution < 1.29 is 41.3 Å². The first-order valence-corrected chi connectivity index (χ1v) is 13.2. The third kappa shape index (κ3) is 6.98. The fourth-order valence-electron chi connectivity index (χ4n) is 2.81. The van der Waals surface area contributed by atoms with Gasteiger partial charge in [0.05, 0.1) is 27.4 Å². The molecule has 19 heteroatoms. The van der Waals surface area contributed by atoms with Gasteiger partial charge in [-0.3, -0.25) is 9.13 Å². The first-order valence-electron chi connectivity index (χ1n) is 10.9. The summed E-state index contributed by atoms with van der Waals surface area (Å²) in [5, 5.41) is 7.64. The van der Waals surface area contributed by atoms with Crippen LogP contribution in [0.1, 0.15) is 13.8 Å². The molecule has 0 bridgehead atoms. The number of nitrogens with one attached hydrogen (secondary N) is 1. The van der Waals surface area contributed by atoms with Crippen molar-refractivity contribution in [2.24, 2.45) is 14.1 Å². The Kier molecular flexibility index (Phi) is 10.7. The summed E-state index contributed by atoms with van der Waals surface area (Å²) in [7, 11) is 1.04. The van der Waals surface area contributed by atoms with E-state index < -0.39 is 32.9 Å². The van der Waals surface area contributed by atoms with Gasteiger partial charge in [-0.15, -0.1) is 19.6 Å². The van der Waals surface area contributed by atoms with Crippen LogP contribution in [0.2, 0.25) is 0 Å². The Labute approximate surface area is 232 Å². The quantitative estimate of drug-likeness (QED) is 0.391. The second-order valence-electron chi connectivity index (χ2n) is 7.09. The van der Waals surface area contributed by atoms with Gasteiger partial charge in [-0.05, 0) is 50.4 Å². The first kappa shape index (κ1) is 31.4. The lowest BCUT2D eigenvalue weighted by Gasteiger charge is -2.11. The van der Waals surface area contributed by atoms with Crippen molar-refractivity contribution in [1.82, 2.24) is 33.4 Å². The smallest absolute Gasteiger partial charge is 0.437 e. The van der Waals surface area contributed by atoms with Crippen LogP contribution in [-0.4, -0.2) is 76.7 Å². The number of benzene rings is 1. The average molecular weight is 608 g/mol. The zero-order valence-corrected chi connectivity index (χ0v) is 24.1. The summed E-state index contributed by atoms with van der Waals surface area (Å²) in [6.45, 7) is 4.25. The molecule has 0 radical (unpaired) electrons. The van der Waals surface area contributed by atoms with E-state index in [0.717, 1.165) is 10.7 Å². The number of sulfonamides is 1. The molecular formula is C20H26FN7O8S3. The maximum atomic E-state index is 14.0. The van der Waals surface area contributed by atoms with Crippen molar-refractivity contribution in [3.05, 3.63) is 33.6 Å². The normalized spacial score (nSPS) is 10.7. The highest BCUT2D eigenvalue weighted by molar-refractivity contribution is 7.90. The number of nitrogens with zero attached hydrogens (tertiary/aromatic N) is 6. The molecule has 0 saturated carbocycles. The van der Waals surface area contributed by atoms with Gasteiger partial charge in [0.15, 0.2) is 4.90 Å². The zero-order chi connectivity index (χ0) is 29.5. The molecule has 2 aromatic heterocycles. The summed E-state index contributed by atoms with van der Waals surface area (Å²) in [4.78, 5) is 22.6. The van der Waals surface area contributed by atoms with Gasteiger partial charge < -0.3 is 18.9 Å². The van der Waals surface area contributed by atoms with Gasteiger partial charge in [0.1, 0.15) is 11.6 Å². The number of aromatic nitrogens is 6. The maximum absolute atomic E-state index is 14.0. The molecule has 3 rings (SSSR count). The van der Waals surface area contributed by atoms with Gasteiger partial charge in [0, 0.05) is 14.1 Å². The lowest BCUT2D eigenvalue weighted by molar-refractivity contribution is 0.168. The van der Waals surface area contributed by atoms with E-state index in [2.05, 4.69) is 14.9 Å². The average Bonchev–Trinajstić information content (AvgIpc) is 3.34. The van der Waals surface area contributed by atoms with Crippen LogP contribution >= 0.6 is 24.4 Å². The highest BCUT2D eigenvalue weighted by Gasteiger charge is 2.28. The summed E-state index contributed by atoms with van der Waals surface area (Å²) in [6, 6.07) is 2.60. The molecule has 0 aliphatic carbocycles. The fourth-order valence-corrected chi connectivity index (χ4v) is 4.36. The summed E-state index contributed by atoms with van der Waals surface area (Å²) >= 11 is 9.97. The number of carbonyl (C=O) groups is 2. The van der Waals surface area contributed by atoms with Crippen LogP contribution in [-0.2, 0) is 28.9 Å². The van der Waals surface area contributed by atoms with Crippen molar-refractivity contribution in [1.29, 1.82) is 0 Å². The lowest BCUT2D eigenvalue weighted by atomic mass is 10.3. The Bertz CT molecular complexity index is 1580. The number of methoxy groups -OCH3 is 2. The van der Waals surface area contributed by atoms with Crippen molar-refractivity contribution >= 4 is 46.6 Å². The third-order valence-corrected chi connectivity index (χ3v) is 6.88. The Morgan fingerprint density at radius 1 is 0.974 bits per heavy atom. The Balaban J connectivity index is 0.000000322. The minimum Gasteiger partial charge on any atom is -0.495 e. The number of carbonyl (C=O) groups excluding carboxylic acids is 2. The van der Waals surface area contributed by atoms with Crippen molar-refractivity contribution in [2.75, 3.05) is 27.4 Å². The van der Waals surface area contributed by atoms with E-state index in [9.17, 15) is 22.4 Å². The van der Waals surface area contributed by atoms with E-state index in [1.54, 1.807) is 18.7 Å². The Hall–Kier alpha value is -3.84. The minimum absolute atomic E-state index is 0.0310. The molecule has 3 aromatic rings. The molecule has 1 N–H and O–H groups in total. The monoisotopic (exact) mass is 607 g/mol. The number of hydrogen-bond acceptors (Lipinski definition) is 12. The molecule has 0 aliphatic rings. The summed E-state index contributed by atoms with van der Waals surface area (Å²) in [5.41, 5.74) is 0. The van der Waals surface area contributed by atoms with Crippen LogP contribution in [0.15, 0.2) is 23.1 Å². The molecule has 0 unspecified atom stereocenters. The molecule has 2 heterocycles. The van der Waals surface area contributed by atoms with E-state index in [-0.39, 0.29) is 27.9 Å². The number of amides is 1. The molecule has 39 heavy (non-hydrogen) atoms. The zero-order valence-electron chi connectivity index (χ0n) is 21.7.